The highest BCUT2D eigenvalue weighted by Gasteiger charge is 2.04. The molecule has 0 aromatic heterocycles. The van der Waals surface area contributed by atoms with Crippen LogP contribution in [0.3, 0.4) is 0 Å². The highest BCUT2D eigenvalue weighted by atomic mass is 79.9. The Morgan fingerprint density at radius 3 is 2.47 bits per heavy atom. The van der Waals surface area contributed by atoms with Gasteiger partial charge in [-0.2, -0.15) is 0 Å². The van der Waals surface area contributed by atoms with Crippen LogP contribution in [0.4, 0.5) is 4.39 Å². The van der Waals surface area contributed by atoms with Crippen LogP contribution >= 0.6 is 15.9 Å². The van der Waals surface area contributed by atoms with Crippen LogP contribution in [-0.4, -0.2) is 0 Å². The summed E-state index contributed by atoms with van der Waals surface area (Å²) in [5.41, 5.74) is 7.34. The van der Waals surface area contributed by atoms with Crippen molar-refractivity contribution in [2.45, 2.75) is 19.6 Å². The third-order valence-electron chi connectivity index (χ3n) is 2.82. The fourth-order valence-electron chi connectivity index (χ4n) is 1.67. The zero-order chi connectivity index (χ0) is 13.8. The summed E-state index contributed by atoms with van der Waals surface area (Å²) in [4.78, 5) is 0. The first-order valence-corrected chi connectivity index (χ1v) is 6.78. The lowest BCUT2D eigenvalue weighted by Gasteiger charge is -2.09. The Balaban J connectivity index is 2.02. The molecule has 0 saturated carbocycles. The van der Waals surface area contributed by atoms with Gasteiger partial charge in [-0.15, -0.1) is 0 Å². The number of hydrogen-bond donors (Lipinski definition) is 1. The number of halogens is 2. The molecule has 4 heteroatoms. The van der Waals surface area contributed by atoms with E-state index in [2.05, 4.69) is 15.9 Å². The van der Waals surface area contributed by atoms with Crippen molar-refractivity contribution in [2.24, 2.45) is 5.73 Å². The molecule has 0 saturated heterocycles. The fourth-order valence-corrected chi connectivity index (χ4v) is 2.00. The largest absolute Gasteiger partial charge is 0.489 e. The fraction of sp³-hybridized carbons (Fsp3) is 0.200. The number of benzene rings is 2. The minimum atomic E-state index is -0.276. The third-order valence-corrected chi connectivity index (χ3v) is 3.31. The lowest BCUT2D eigenvalue weighted by Crippen LogP contribution is -2.04. The maximum absolute atomic E-state index is 13.6. The lowest BCUT2D eigenvalue weighted by molar-refractivity contribution is 0.299. The summed E-state index contributed by atoms with van der Waals surface area (Å²) in [5, 5.41) is 0. The Hall–Kier alpha value is -1.39. The van der Waals surface area contributed by atoms with Gasteiger partial charge in [-0.3, -0.25) is 0 Å². The van der Waals surface area contributed by atoms with E-state index in [4.69, 9.17) is 10.5 Å². The number of nitrogens with two attached hydrogens (primary N) is 1. The molecule has 0 aliphatic carbocycles. The van der Waals surface area contributed by atoms with Gasteiger partial charge in [0.25, 0.3) is 0 Å². The summed E-state index contributed by atoms with van der Waals surface area (Å²) in [6.07, 6.45) is 0. The van der Waals surface area contributed by atoms with Crippen molar-refractivity contribution in [2.75, 3.05) is 0 Å². The SMILES string of the molecule is C[C@@H](N)c1ccc(OCc2ccc(Br)cc2F)cc1. The topological polar surface area (TPSA) is 35.2 Å². The first kappa shape index (κ1) is 14.0. The normalized spacial score (nSPS) is 12.2. The number of ether oxygens (including phenoxy) is 1. The van der Waals surface area contributed by atoms with Crippen LogP contribution in [0, 0.1) is 5.82 Å². The molecule has 0 spiro atoms. The summed E-state index contributed by atoms with van der Waals surface area (Å²) in [6, 6.07) is 12.4. The quantitative estimate of drug-likeness (QED) is 0.915. The van der Waals surface area contributed by atoms with Gasteiger partial charge in [0.15, 0.2) is 0 Å². The molecular weight excluding hydrogens is 309 g/mol. The molecule has 0 aliphatic rings. The maximum atomic E-state index is 13.6. The molecule has 0 unspecified atom stereocenters. The van der Waals surface area contributed by atoms with E-state index in [1.807, 2.05) is 31.2 Å². The molecule has 2 aromatic carbocycles. The van der Waals surface area contributed by atoms with Crippen molar-refractivity contribution in [3.05, 3.63) is 63.9 Å². The van der Waals surface area contributed by atoms with Crippen molar-refractivity contribution in [3.63, 3.8) is 0 Å². The Morgan fingerprint density at radius 1 is 1.21 bits per heavy atom. The molecule has 0 heterocycles. The van der Waals surface area contributed by atoms with Gasteiger partial charge in [-0.25, -0.2) is 4.39 Å². The maximum Gasteiger partial charge on any atom is 0.130 e. The van der Waals surface area contributed by atoms with Gasteiger partial charge in [-0.05, 0) is 36.8 Å². The van der Waals surface area contributed by atoms with Gasteiger partial charge >= 0.3 is 0 Å². The molecule has 0 radical (unpaired) electrons. The molecule has 0 bridgehead atoms. The molecule has 1 atom stereocenters. The van der Waals surface area contributed by atoms with Gasteiger partial charge in [-0.1, -0.05) is 34.1 Å². The Labute approximate surface area is 120 Å². The van der Waals surface area contributed by atoms with E-state index in [1.54, 1.807) is 12.1 Å². The summed E-state index contributed by atoms with van der Waals surface area (Å²) in [6.45, 7) is 2.13. The van der Waals surface area contributed by atoms with Crippen LogP contribution < -0.4 is 10.5 Å². The lowest BCUT2D eigenvalue weighted by atomic mass is 10.1. The third kappa shape index (κ3) is 3.78. The second-order valence-corrected chi connectivity index (χ2v) is 5.30. The van der Waals surface area contributed by atoms with Crippen molar-refractivity contribution >= 4 is 15.9 Å². The molecule has 2 rings (SSSR count). The van der Waals surface area contributed by atoms with Gasteiger partial charge in [0, 0.05) is 16.1 Å². The molecule has 19 heavy (non-hydrogen) atoms. The summed E-state index contributed by atoms with van der Waals surface area (Å²) < 4.78 is 19.9. The standard InChI is InChI=1S/C15H15BrFNO/c1-10(18)11-3-6-14(7-4-11)19-9-12-2-5-13(16)8-15(12)17/h2-8,10H,9,18H2,1H3/t10-/m1/s1. The Morgan fingerprint density at radius 2 is 1.89 bits per heavy atom. The molecule has 0 amide bonds. The molecule has 2 N–H and O–H groups in total. The van der Waals surface area contributed by atoms with E-state index in [1.165, 1.54) is 6.07 Å². The van der Waals surface area contributed by atoms with Crippen LogP contribution in [-0.2, 0) is 6.61 Å². The van der Waals surface area contributed by atoms with E-state index in [0.717, 1.165) is 10.0 Å². The monoisotopic (exact) mass is 323 g/mol. The minimum Gasteiger partial charge on any atom is -0.489 e. The predicted molar refractivity (Wildman–Crippen MR) is 77.5 cm³/mol. The summed E-state index contributed by atoms with van der Waals surface area (Å²) >= 11 is 3.22. The van der Waals surface area contributed by atoms with Gasteiger partial charge < -0.3 is 10.5 Å². The predicted octanol–water partition coefficient (Wildman–Crippen LogP) is 4.19. The van der Waals surface area contributed by atoms with Crippen LogP contribution in [0.1, 0.15) is 24.1 Å². The molecule has 0 aliphatic heterocycles. The number of rotatable bonds is 4. The zero-order valence-corrected chi connectivity index (χ0v) is 12.2. The first-order chi connectivity index (χ1) is 9.06. The highest BCUT2D eigenvalue weighted by molar-refractivity contribution is 9.10. The smallest absolute Gasteiger partial charge is 0.130 e. The average Bonchev–Trinajstić information content (AvgIpc) is 2.38. The van der Waals surface area contributed by atoms with Crippen molar-refractivity contribution in [1.29, 1.82) is 0 Å². The summed E-state index contributed by atoms with van der Waals surface area (Å²) in [5.74, 6) is 0.424. The zero-order valence-electron chi connectivity index (χ0n) is 10.6. The molecule has 100 valence electrons. The van der Waals surface area contributed by atoms with Crippen molar-refractivity contribution in [3.8, 4) is 5.75 Å². The highest BCUT2D eigenvalue weighted by Crippen LogP contribution is 2.19. The minimum absolute atomic E-state index is 0.00188. The van der Waals surface area contributed by atoms with Crippen LogP contribution in [0.2, 0.25) is 0 Å². The summed E-state index contributed by atoms with van der Waals surface area (Å²) in [7, 11) is 0. The van der Waals surface area contributed by atoms with Crippen molar-refractivity contribution < 1.29 is 9.13 Å². The van der Waals surface area contributed by atoms with E-state index in [0.29, 0.717) is 11.3 Å². The number of hydrogen-bond acceptors (Lipinski definition) is 2. The van der Waals surface area contributed by atoms with Crippen LogP contribution in [0.15, 0.2) is 46.9 Å². The van der Waals surface area contributed by atoms with E-state index < -0.39 is 0 Å². The second-order valence-electron chi connectivity index (χ2n) is 4.38. The van der Waals surface area contributed by atoms with Crippen LogP contribution in [0.25, 0.3) is 0 Å². The molecule has 2 aromatic rings. The van der Waals surface area contributed by atoms with Gasteiger partial charge in [0.2, 0.25) is 0 Å². The van der Waals surface area contributed by atoms with E-state index >= 15 is 0 Å². The molecular formula is C15H15BrFNO. The van der Waals surface area contributed by atoms with Crippen LogP contribution in [0.5, 0.6) is 5.75 Å². The van der Waals surface area contributed by atoms with Crippen molar-refractivity contribution in [1.82, 2.24) is 0 Å². The Kier molecular flexibility index (Phi) is 4.56. The van der Waals surface area contributed by atoms with Gasteiger partial charge in [0.05, 0.1) is 0 Å². The van der Waals surface area contributed by atoms with E-state index in [-0.39, 0.29) is 18.5 Å². The molecule has 0 fully saturated rings. The average molecular weight is 324 g/mol. The Bertz CT molecular complexity index is 555. The second kappa shape index (κ2) is 6.17. The first-order valence-electron chi connectivity index (χ1n) is 5.98. The van der Waals surface area contributed by atoms with E-state index in [9.17, 15) is 4.39 Å². The van der Waals surface area contributed by atoms with Gasteiger partial charge in [0.1, 0.15) is 18.2 Å². The molecule has 2 nitrogen and oxygen atoms in total.